The highest BCUT2D eigenvalue weighted by molar-refractivity contribution is 5.81. The van der Waals surface area contributed by atoms with Crippen molar-refractivity contribution < 1.29 is 9.53 Å². The van der Waals surface area contributed by atoms with E-state index < -0.39 is 0 Å². The summed E-state index contributed by atoms with van der Waals surface area (Å²) in [5, 5.41) is 5.86. The first kappa shape index (κ1) is 14.5. The third kappa shape index (κ3) is 5.20. The molecule has 100 valence electrons. The van der Waals surface area contributed by atoms with Gasteiger partial charge in [0.15, 0.2) is 0 Å². The largest absolute Gasteiger partial charge is 0.383 e. The minimum absolute atomic E-state index is 0.0490. The van der Waals surface area contributed by atoms with Gasteiger partial charge in [0.25, 0.3) is 0 Å². The van der Waals surface area contributed by atoms with Gasteiger partial charge < -0.3 is 15.4 Å². The lowest BCUT2D eigenvalue weighted by Crippen LogP contribution is -2.42. The van der Waals surface area contributed by atoms with Crippen molar-refractivity contribution in [2.24, 2.45) is 0 Å². The van der Waals surface area contributed by atoms with E-state index in [9.17, 15) is 4.79 Å². The highest BCUT2D eigenvalue weighted by atomic mass is 16.5. The van der Waals surface area contributed by atoms with Crippen molar-refractivity contribution in [2.75, 3.05) is 20.3 Å². The summed E-state index contributed by atoms with van der Waals surface area (Å²) in [5.41, 5.74) is 1.70. The molecule has 0 aromatic carbocycles. The molecular weight excluding hydrogens is 232 g/mol. The average Bonchev–Trinajstić information content (AvgIpc) is 2.38. The van der Waals surface area contributed by atoms with E-state index >= 15 is 0 Å². The van der Waals surface area contributed by atoms with Crippen molar-refractivity contribution in [3.63, 3.8) is 0 Å². The van der Waals surface area contributed by atoms with E-state index in [4.69, 9.17) is 4.74 Å². The van der Waals surface area contributed by atoms with Gasteiger partial charge in [0, 0.05) is 32.6 Å². The third-order valence-electron chi connectivity index (χ3n) is 2.42. The lowest BCUT2D eigenvalue weighted by Gasteiger charge is -2.13. The van der Waals surface area contributed by atoms with E-state index in [0.29, 0.717) is 19.7 Å². The maximum Gasteiger partial charge on any atom is 0.236 e. The predicted molar refractivity (Wildman–Crippen MR) is 68.0 cm³/mol. The van der Waals surface area contributed by atoms with E-state index in [1.807, 2.05) is 13.8 Å². The molecular formula is C12H20N4O2. The van der Waals surface area contributed by atoms with Crippen LogP contribution in [-0.2, 0) is 16.1 Å². The van der Waals surface area contributed by atoms with Crippen molar-refractivity contribution in [3.05, 3.63) is 23.8 Å². The molecule has 1 aromatic rings. The molecule has 1 amide bonds. The van der Waals surface area contributed by atoms with Crippen molar-refractivity contribution >= 4 is 5.91 Å². The maximum atomic E-state index is 11.6. The van der Waals surface area contributed by atoms with Crippen LogP contribution in [0.3, 0.4) is 0 Å². The van der Waals surface area contributed by atoms with Crippen LogP contribution >= 0.6 is 0 Å². The topological polar surface area (TPSA) is 76.1 Å². The van der Waals surface area contributed by atoms with E-state index in [1.165, 1.54) is 0 Å². The molecule has 1 rings (SSSR count). The number of methoxy groups -OCH3 is 1. The lowest BCUT2D eigenvalue weighted by atomic mass is 10.3. The number of hydrogen-bond acceptors (Lipinski definition) is 5. The smallest absolute Gasteiger partial charge is 0.236 e. The summed E-state index contributed by atoms with van der Waals surface area (Å²) >= 11 is 0. The summed E-state index contributed by atoms with van der Waals surface area (Å²) < 4.78 is 4.86. The lowest BCUT2D eigenvalue weighted by molar-refractivity contribution is -0.122. The Morgan fingerprint density at radius 1 is 1.44 bits per heavy atom. The molecule has 2 N–H and O–H groups in total. The summed E-state index contributed by atoms with van der Waals surface area (Å²) in [5.74, 6) is -0.0490. The molecule has 1 aromatic heterocycles. The van der Waals surface area contributed by atoms with Gasteiger partial charge in [0.05, 0.1) is 24.0 Å². The predicted octanol–water partition coefficient (Wildman–Crippen LogP) is 0.0257. The summed E-state index contributed by atoms with van der Waals surface area (Å²) in [6.07, 6.45) is 3.41. The van der Waals surface area contributed by atoms with Crippen molar-refractivity contribution in [2.45, 2.75) is 26.4 Å². The van der Waals surface area contributed by atoms with Crippen LogP contribution in [0.15, 0.2) is 12.4 Å². The molecule has 1 atom stereocenters. The number of aromatic nitrogens is 2. The molecule has 18 heavy (non-hydrogen) atoms. The standard InChI is InChI=1S/C12H20N4O2/c1-9-6-16-11(7-14-9)8-15-10(2)12(17)13-4-5-18-3/h6-7,10,15H,4-5,8H2,1-3H3,(H,13,17). The van der Waals surface area contributed by atoms with E-state index in [2.05, 4.69) is 20.6 Å². The van der Waals surface area contributed by atoms with E-state index in [1.54, 1.807) is 19.5 Å². The first-order chi connectivity index (χ1) is 8.63. The number of nitrogens with one attached hydrogen (secondary N) is 2. The monoisotopic (exact) mass is 252 g/mol. The van der Waals surface area contributed by atoms with E-state index in [0.717, 1.165) is 11.4 Å². The minimum atomic E-state index is -0.273. The average molecular weight is 252 g/mol. The molecule has 6 nitrogen and oxygen atoms in total. The number of rotatable bonds is 7. The maximum absolute atomic E-state index is 11.6. The molecule has 0 radical (unpaired) electrons. The van der Waals surface area contributed by atoms with Crippen LogP contribution in [0.2, 0.25) is 0 Å². The second-order valence-electron chi connectivity index (χ2n) is 4.04. The molecule has 0 saturated carbocycles. The number of aryl methyl sites for hydroxylation is 1. The van der Waals surface area contributed by atoms with Gasteiger partial charge in [-0.3, -0.25) is 14.8 Å². The van der Waals surface area contributed by atoms with Crippen LogP contribution < -0.4 is 10.6 Å². The molecule has 1 unspecified atom stereocenters. The molecule has 0 aliphatic carbocycles. The molecule has 0 saturated heterocycles. The minimum Gasteiger partial charge on any atom is -0.383 e. The van der Waals surface area contributed by atoms with Crippen molar-refractivity contribution in [3.8, 4) is 0 Å². The number of ether oxygens (including phenoxy) is 1. The fourth-order valence-corrected chi connectivity index (χ4v) is 1.29. The van der Waals surface area contributed by atoms with Gasteiger partial charge in [0.2, 0.25) is 5.91 Å². The summed E-state index contributed by atoms with van der Waals surface area (Å²) in [6, 6.07) is -0.273. The van der Waals surface area contributed by atoms with Gasteiger partial charge in [0.1, 0.15) is 0 Å². The van der Waals surface area contributed by atoms with E-state index in [-0.39, 0.29) is 11.9 Å². The number of carbonyl (C=O) groups excluding carboxylic acids is 1. The molecule has 6 heteroatoms. The second-order valence-corrected chi connectivity index (χ2v) is 4.04. The van der Waals surface area contributed by atoms with Crippen LogP contribution in [0.5, 0.6) is 0 Å². The Balaban J connectivity index is 2.29. The molecule has 1 heterocycles. The molecule has 0 aliphatic rings. The highest BCUT2D eigenvalue weighted by Crippen LogP contribution is 1.94. The number of amides is 1. The first-order valence-electron chi connectivity index (χ1n) is 5.91. The normalized spacial score (nSPS) is 12.2. The van der Waals surface area contributed by atoms with Gasteiger partial charge in [-0.1, -0.05) is 0 Å². The van der Waals surface area contributed by atoms with Crippen LogP contribution in [0, 0.1) is 6.92 Å². The van der Waals surface area contributed by atoms with Crippen molar-refractivity contribution in [1.82, 2.24) is 20.6 Å². The Kier molecular flexibility index (Phi) is 6.24. The van der Waals surface area contributed by atoms with Crippen LogP contribution in [-0.4, -0.2) is 42.2 Å². The first-order valence-corrected chi connectivity index (χ1v) is 5.91. The number of carbonyl (C=O) groups is 1. The quantitative estimate of drug-likeness (QED) is 0.669. The van der Waals surface area contributed by atoms with Crippen LogP contribution in [0.4, 0.5) is 0 Å². The molecule has 0 aliphatic heterocycles. The third-order valence-corrected chi connectivity index (χ3v) is 2.42. The fraction of sp³-hybridized carbons (Fsp3) is 0.583. The Morgan fingerprint density at radius 3 is 2.83 bits per heavy atom. The number of hydrogen-bond donors (Lipinski definition) is 2. The molecule has 0 fully saturated rings. The Labute approximate surface area is 107 Å². The van der Waals surface area contributed by atoms with Gasteiger partial charge in [-0.25, -0.2) is 0 Å². The van der Waals surface area contributed by atoms with Crippen LogP contribution in [0.25, 0.3) is 0 Å². The van der Waals surface area contributed by atoms with Crippen molar-refractivity contribution in [1.29, 1.82) is 0 Å². The summed E-state index contributed by atoms with van der Waals surface area (Å²) in [4.78, 5) is 20.0. The zero-order valence-electron chi connectivity index (χ0n) is 11.1. The van der Waals surface area contributed by atoms with Gasteiger partial charge in [-0.2, -0.15) is 0 Å². The second kappa shape index (κ2) is 7.73. The Hall–Kier alpha value is -1.53. The number of nitrogens with zero attached hydrogens (tertiary/aromatic N) is 2. The van der Waals surface area contributed by atoms with Gasteiger partial charge in [-0.15, -0.1) is 0 Å². The highest BCUT2D eigenvalue weighted by Gasteiger charge is 2.11. The summed E-state index contributed by atoms with van der Waals surface area (Å²) in [6.45, 7) is 5.25. The Morgan fingerprint density at radius 2 is 2.22 bits per heavy atom. The zero-order valence-corrected chi connectivity index (χ0v) is 11.1. The SMILES string of the molecule is COCCNC(=O)C(C)NCc1cnc(C)cn1. The molecule has 0 bridgehead atoms. The fourth-order valence-electron chi connectivity index (χ4n) is 1.29. The molecule has 0 spiro atoms. The summed E-state index contributed by atoms with van der Waals surface area (Å²) in [7, 11) is 1.60. The zero-order chi connectivity index (χ0) is 13.4. The van der Waals surface area contributed by atoms with Crippen LogP contribution in [0.1, 0.15) is 18.3 Å². The Bertz CT molecular complexity index is 367. The van der Waals surface area contributed by atoms with Gasteiger partial charge >= 0.3 is 0 Å². The van der Waals surface area contributed by atoms with Gasteiger partial charge in [-0.05, 0) is 13.8 Å².